The Bertz CT molecular complexity index is 799. The van der Waals surface area contributed by atoms with Crippen LogP contribution in [0.3, 0.4) is 0 Å². The molecule has 0 aliphatic rings. The summed E-state index contributed by atoms with van der Waals surface area (Å²) in [6.07, 6.45) is 1.75. The van der Waals surface area contributed by atoms with Crippen molar-refractivity contribution in [3.05, 3.63) is 66.4 Å². The number of nitrogens with zero attached hydrogens (tertiary/aromatic N) is 3. The van der Waals surface area contributed by atoms with Crippen LogP contribution in [0.5, 0.6) is 5.75 Å². The number of nitriles is 1. The molecule has 108 valence electrons. The first-order chi connectivity index (χ1) is 10.8. The SMILES string of the molecule is CCOc1ccc(-c2nn(-c3ccccc3)cc2C#N)cc1. The minimum Gasteiger partial charge on any atom is -0.494 e. The highest BCUT2D eigenvalue weighted by Gasteiger charge is 2.12. The Kier molecular flexibility index (Phi) is 3.88. The maximum atomic E-state index is 9.35. The van der Waals surface area contributed by atoms with E-state index in [9.17, 15) is 5.26 Å². The fourth-order valence-corrected chi connectivity index (χ4v) is 2.26. The van der Waals surface area contributed by atoms with Gasteiger partial charge in [0.15, 0.2) is 0 Å². The zero-order chi connectivity index (χ0) is 15.4. The van der Waals surface area contributed by atoms with Crippen molar-refractivity contribution in [2.45, 2.75) is 6.92 Å². The predicted molar refractivity (Wildman–Crippen MR) is 84.9 cm³/mol. The Labute approximate surface area is 129 Å². The third-order valence-corrected chi connectivity index (χ3v) is 3.29. The highest BCUT2D eigenvalue weighted by molar-refractivity contribution is 5.67. The summed E-state index contributed by atoms with van der Waals surface area (Å²) in [5.74, 6) is 0.812. The summed E-state index contributed by atoms with van der Waals surface area (Å²) in [5.41, 5.74) is 3.05. The van der Waals surface area contributed by atoms with Crippen molar-refractivity contribution in [3.63, 3.8) is 0 Å². The lowest BCUT2D eigenvalue weighted by Gasteiger charge is -2.04. The average Bonchev–Trinajstić information content (AvgIpc) is 3.01. The van der Waals surface area contributed by atoms with E-state index in [1.54, 1.807) is 10.9 Å². The molecule has 3 rings (SSSR count). The molecule has 2 aromatic carbocycles. The second-order valence-electron chi connectivity index (χ2n) is 4.74. The molecule has 4 nitrogen and oxygen atoms in total. The smallest absolute Gasteiger partial charge is 0.119 e. The first-order valence-electron chi connectivity index (χ1n) is 7.10. The van der Waals surface area contributed by atoms with E-state index in [1.165, 1.54) is 0 Å². The molecule has 0 saturated carbocycles. The number of aromatic nitrogens is 2. The average molecular weight is 289 g/mol. The van der Waals surface area contributed by atoms with E-state index in [2.05, 4.69) is 11.2 Å². The molecule has 0 saturated heterocycles. The summed E-state index contributed by atoms with van der Waals surface area (Å²) in [7, 11) is 0. The molecule has 0 amide bonds. The molecule has 0 spiro atoms. The Morgan fingerprint density at radius 1 is 1.09 bits per heavy atom. The molecule has 0 unspecified atom stereocenters. The van der Waals surface area contributed by atoms with Crippen molar-refractivity contribution in [2.24, 2.45) is 0 Å². The number of para-hydroxylation sites is 1. The molecule has 0 aliphatic carbocycles. The van der Waals surface area contributed by atoms with Gasteiger partial charge in [-0.05, 0) is 43.3 Å². The monoisotopic (exact) mass is 289 g/mol. The van der Waals surface area contributed by atoms with Gasteiger partial charge in [-0.1, -0.05) is 18.2 Å². The molecule has 0 N–H and O–H groups in total. The van der Waals surface area contributed by atoms with Crippen LogP contribution in [-0.4, -0.2) is 16.4 Å². The van der Waals surface area contributed by atoms with Crippen molar-refractivity contribution in [3.8, 4) is 28.8 Å². The molecular weight excluding hydrogens is 274 g/mol. The summed E-state index contributed by atoms with van der Waals surface area (Å²) >= 11 is 0. The summed E-state index contributed by atoms with van der Waals surface area (Å²) in [6.45, 7) is 2.58. The van der Waals surface area contributed by atoms with Crippen LogP contribution in [-0.2, 0) is 0 Å². The van der Waals surface area contributed by atoms with Crippen LogP contribution in [0.4, 0.5) is 0 Å². The second-order valence-corrected chi connectivity index (χ2v) is 4.74. The van der Waals surface area contributed by atoms with Crippen molar-refractivity contribution in [2.75, 3.05) is 6.61 Å². The minimum absolute atomic E-state index is 0.549. The van der Waals surface area contributed by atoms with E-state index in [-0.39, 0.29) is 0 Å². The molecule has 0 fully saturated rings. The standard InChI is InChI=1S/C18H15N3O/c1-2-22-17-10-8-14(9-11-17)18-15(12-19)13-21(20-18)16-6-4-3-5-7-16/h3-11,13H,2H2,1H3. The van der Waals surface area contributed by atoms with Gasteiger partial charge in [0.2, 0.25) is 0 Å². The summed E-state index contributed by atoms with van der Waals surface area (Å²) in [6, 6.07) is 19.6. The van der Waals surface area contributed by atoms with Crippen LogP contribution in [0.2, 0.25) is 0 Å². The number of ether oxygens (including phenoxy) is 1. The van der Waals surface area contributed by atoms with E-state index in [0.29, 0.717) is 17.9 Å². The molecule has 22 heavy (non-hydrogen) atoms. The van der Waals surface area contributed by atoms with Gasteiger partial charge in [0.05, 0.1) is 17.9 Å². The van der Waals surface area contributed by atoms with E-state index >= 15 is 0 Å². The highest BCUT2D eigenvalue weighted by Crippen LogP contribution is 2.25. The summed E-state index contributed by atoms with van der Waals surface area (Å²) in [5, 5.41) is 13.9. The van der Waals surface area contributed by atoms with Crippen LogP contribution in [0.25, 0.3) is 16.9 Å². The fourth-order valence-electron chi connectivity index (χ4n) is 2.26. The Morgan fingerprint density at radius 2 is 1.82 bits per heavy atom. The third-order valence-electron chi connectivity index (χ3n) is 3.29. The van der Waals surface area contributed by atoms with Gasteiger partial charge >= 0.3 is 0 Å². The van der Waals surface area contributed by atoms with Crippen molar-refractivity contribution >= 4 is 0 Å². The zero-order valence-corrected chi connectivity index (χ0v) is 12.2. The zero-order valence-electron chi connectivity index (χ0n) is 12.2. The molecule has 0 atom stereocenters. The van der Waals surface area contributed by atoms with E-state index in [4.69, 9.17) is 4.74 Å². The summed E-state index contributed by atoms with van der Waals surface area (Å²) in [4.78, 5) is 0. The second kappa shape index (κ2) is 6.15. The quantitative estimate of drug-likeness (QED) is 0.734. The highest BCUT2D eigenvalue weighted by atomic mass is 16.5. The third kappa shape index (κ3) is 2.70. The van der Waals surface area contributed by atoms with Gasteiger partial charge in [-0.15, -0.1) is 0 Å². The van der Waals surface area contributed by atoms with Gasteiger partial charge in [0, 0.05) is 11.8 Å². The van der Waals surface area contributed by atoms with E-state index < -0.39 is 0 Å². The summed E-state index contributed by atoms with van der Waals surface area (Å²) < 4.78 is 7.16. The lowest BCUT2D eigenvalue weighted by Crippen LogP contribution is -1.94. The van der Waals surface area contributed by atoms with Gasteiger partial charge in [-0.25, -0.2) is 4.68 Å². The van der Waals surface area contributed by atoms with Crippen molar-refractivity contribution < 1.29 is 4.74 Å². The largest absolute Gasteiger partial charge is 0.494 e. The minimum atomic E-state index is 0.549. The fraction of sp³-hybridized carbons (Fsp3) is 0.111. The molecule has 4 heteroatoms. The molecule has 3 aromatic rings. The van der Waals surface area contributed by atoms with Gasteiger partial charge in [0.1, 0.15) is 17.5 Å². The molecule has 1 heterocycles. The first kappa shape index (κ1) is 13.9. The molecular formula is C18H15N3O. The molecule has 1 aromatic heterocycles. The van der Waals surface area contributed by atoms with Gasteiger partial charge < -0.3 is 4.74 Å². The van der Waals surface area contributed by atoms with Gasteiger partial charge in [-0.3, -0.25) is 0 Å². The topological polar surface area (TPSA) is 50.8 Å². The molecule has 0 aliphatic heterocycles. The normalized spacial score (nSPS) is 10.2. The lowest BCUT2D eigenvalue weighted by molar-refractivity contribution is 0.340. The first-order valence-corrected chi connectivity index (χ1v) is 7.10. The Hall–Kier alpha value is -3.06. The van der Waals surface area contributed by atoms with Crippen LogP contribution < -0.4 is 4.74 Å². The Morgan fingerprint density at radius 3 is 2.45 bits per heavy atom. The maximum absolute atomic E-state index is 9.35. The van der Waals surface area contributed by atoms with Crippen molar-refractivity contribution in [1.29, 1.82) is 5.26 Å². The van der Waals surface area contributed by atoms with Crippen LogP contribution in [0.1, 0.15) is 12.5 Å². The van der Waals surface area contributed by atoms with E-state index in [0.717, 1.165) is 17.0 Å². The molecule has 0 radical (unpaired) electrons. The van der Waals surface area contributed by atoms with Crippen LogP contribution in [0, 0.1) is 11.3 Å². The Balaban J connectivity index is 2.00. The van der Waals surface area contributed by atoms with Gasteiger partial charge in [-0.2, -0.15) is 10.4 Å². The van der Waals surface area contributed by atoms with Gasteiger partial charge in [0.25, 0.3) is 0 Å². The van der Waals surface area contributed by atoms with Crippen molar-refractivity contribution in [1.82, 2.24) is 9.78 Å². The number of hydrogen-bond acceptors (Lipinski definition) is 3. The maximum Gasteiger partial charge on any atom is 0.119 e. The van der Waals surface area contributed by atoms with Crippen LogP contribution >= 0.6 is 0 Å². The molecule has 0 bridgehead atoms. The van der Waals surface area contributed by atoms with Crippen LogP contribution in [0.15, 0.2) is 60.8 Å². The number of benzene rings is 2. The number of hydrogen-bond donors (Lipinski definition) is 0. The number of rotatable bonds is 4. The lowest BCUT2D eigenvalue weighted by atomic mass is 10.1. The van der Waals surface area contributed by atoms with E-state index in [1.807, 2.05) is 61.5 Å². The predicted octanol–water partition coefficient (Wildman–Crippen LogP) is 3.81.